The average molecular weight is 458 g/mol. The highest BCUT2D eigenvalue weighted by atomic mass is 32.2. The Morgan fingerprint density at radius 3 is 2.69 bits per heavy atom. The van der Waals surface area contributed by atoms with Gasteiger partial charge in [-0.15, -0.1) is 10.2 Å². The second kappa shape index (κ2) is 9.47. The van der Waals surface area contributed by atoms with Gasteiger partial charge in [-0.25, -0.2) is 9.07 Å². The van der Waals surface area contributed by atoms with Gasteiger partial charge in [0.25, 0.3) is 0 Å². The molecule has 168 valence electrons. The molecule has 0 radical (unpaired) electrons. The third-order valence-electron chi connectivity index (χ3n) is 5.02. The fraction of sp³-hybridized carbons (Fsp3) is 0.318. The minimum atomic E-state index is -0.444. The van der Waals surface area contributed by atoms with Gasteiger partial charge in [0, 0.05) is 0 Å². The minimum Gasteiger partial charge on any atom is -0.486 e. The number of fused-ring (bicyclic) bond motifs is 1. The molecule has 2 aromatic carbocycles. The molecule has 0 fully saturated rings. The van der Waals surface area contributed by atoms with E-state index in [1.54, 1.807) is 18.2 Å². The Labute approximate surface area is 189 Å². The Hall–Kier alpha value is -3.27. The minimum absolute atomic E-state index is 0.0837. The van der Waals surface area contributed by atoms with Gasteiger partial charge in [-0.2, -0.15) is 0 Å². The predicted octanol–water partition coefficient (Wildman–Crippen LogP) is 3.17. The smallest absolute Gasteiger partial charge is 0.230 e. The molecule has 1 aliphatic rings. The van der Waals surface area contributed by atoms with E-state index < -0.39 is 5.82 Å². The molecule has 4 rings (SSSR count). The van der Waals surface area contributed by atoms with E-state index in [1.807, 2.05) is 32.0 Å². The standard InChI is InChI=1S/C22H24FN5O3S/c1-13(2)20(14-7-8-17-18(11-14)31-10-9-30-17)25-19(29)12-32-22-27-26-21(28(22)24)15-5-3-4-6-16(15)23/h3-8,11,13,20H,9-10,12,24H2,1-2H3,(H,25,29). The largest absolute Gasteiger partial charge is 0.486 e. The first-order chi connectivity index (χ1) is 15.4. The molecular weight excluding hydrogens is 433 g/mol. The molecular formula is C22H24FN5O3S. The zero-order chi connectivity index (χ0) is 22.7. The molecule has 1 unspecified atom stereocenters. The van der Waals surface area contributed by atoms with E-state index in [9.17, 15) is 9.18 Å². The molecule has 3 aromatic rings. The van der Waals surface area contributed by atoms with Crippen molar-refractivity contribution in [1.82, 2.24) is 20.2 Å². The Balaban J connectivity index is 1.42. The number of benzene rings is 2. The molecule has 0 bridgehead atoms. The van der Waals surface area contributed by atoms with Crippen molar-refractivity contribution in [2.24, 2.45) is 5.92 Å². The zero-order valence-electron chi connectivity index (χ0n) is 17.7. The fourth-order valence-electron chi connectivity index (χ4n) is 3.44. The van der Waals surface area contributed by atoms with Crippen molar-refractivity contribution >= 4 is 17.7 Å². The second-order valence-electron chi connectivity index (χ2n) is 7.64. The van der Waals surface area contributed by atoms with Crippen LogP contribution < -0.4 is 20.6 Å². The van der Waals surface area contributed by atoms with Crippen LogP contribution in [0.4, 0.5) is 4.39 Å². The van der Waals surface area contributed by atoms with Gasteiger partial charge in [-0.05, 0) is 35.7 Å². The summed E-state index contributed by atoms with van der Waals surface area (Å²) in [6.07, 6.45) is 0. The molecule has 1 aromatic heterocycles. The number of nitrogens with zero attached hydrogens (tertiary/aromatic N) is 3. The summed E-state index contributed by atoms with van der Waals surface area (Å²) in [6, 6.07) is 11.7. The van der Waals surface area contributed by atoms with Crippen LogP contribution in [0.5, 0.6) is 11.5 Å². The highest BCUT2D eigenvalue weighted by Gasteiger charge is 2.22. The van der Waals surface area contributed by atoms with Crippen LogP contribution in [0.2, 0.25) is 0 Å². The number of aromatic nitrogens is 3. The van der Waals surface area contributed by atoms with E-state index in [2.05, 4.69) is 15.5 Å². The third kappa shape index (κ3) is 4.64. The highest BCUT2D eigenvalue weighted by molar-refractivity contribution is 7.99. The number of thioether (sulfide) groups is 1. The maximum absolute atomic E-state index is 14.0. The highest BCUT2D eigenvalue weighted by Crippen LogP contribution is 2.34. The number of nitrogen functional groups attached to an aromatic ring is 1. The van der Waals surface area contributed by atoms with Crippen LogP contribution in [0.1, 0.15) is 25.5 Å². The number of ether oxygens (including phenoxy) is 2. The van der Waals surface area contributed by atoms with Gasteiger partial charge < -0.3 is 20.6 Å². The molecule has 0 spiro atoms. The number of nitrogens with one attached hydrogen (secondary N) is 1. The molecule has 3 N–H and O–H groups in total. The van der Waals surface area contributed by atoms with Gasteiger partial charge >= 0.3 is 0 Å². The van der Waals surface area contributed by atoms with Crippen LogP contribution in [0, 0.1) is 11.7 Å². The van der Waals surface area contributed by atoms with E-state index in [1.165, 1.54) is 10.7 Å². The Bertz CT molecular complexity index is 1120. The number of nitrogens with two attached hydrogens (primary N) is 1. The Kier molecular flexibility index (Phi) is 6.50. The van der Waals surface area contributed by atoms with E-state index in [0.29, 0.717) is 29.9 Å². The van der Waals surface area contributed by atoms with Crippen molar-refractivity contribution < 1.29 is 18.7 Å². The van der Waals surface area contributed by atoms with Gasteiger partial charge in [0.1, 0.15) is 19.0 Å². The van der Waals surface area contributed by atoms with Crippen molar-refractivity contribution in [1.29, 1.82) is 0 Å². The average Bonchev–Trinajstić information content (AvgIpc) is 3.16. The number of rotatable bonds is 7. The van der Waals surface area contributed by atoms with Gasteiger partial charge in [0.2, 0.25) is 11.1 Å². The first-order valence-corrected chi connectivity index (χ1v) is 11.2. The first kappa shape index (κ1) is 21.9. The topological polar surface area (TPSA) is 104 Å². The summed E-state index contributed by atoms with van der Waals surface area (Å²) in [4.78, 5) is 12.7. The molecule has 1 aliphatic heterocycles. The lowest BCUT2D eigenvalue weighted by atomic mass is 9.95. The summed E-state index contributed by atoms with van der Waals surface area (Å²) in [7, 11) is 0. The zero-order valence-corrected chi connectivity index (χ0v) is 18.6. The van der Waals surface area contributed by atoms with Gasteiger partial charge in [-0.3, -0.25) is 4.79 Å². The number of carbonyl (C=O) groups excluding carboxylic acids is 1. The molecule has 1 atom stereocenters. The lowest BCUT2D eigenvalue weighted by molar-refractivity contribution is -0.119. The number of halogens is 1. The SMILES string of the molecule is CC(C)C(NC(=O)CSc1nnc(-c2ccccc2F)n1N)c1ccc2c(c1)OCCO2. The summed E-state index contributed by atoms with van der Waals surface area (Å²) < 4.78 is 26.5. The van der Waals surface area contributed by atoms with Crippen LogP contribution in [0.3, 0.4) is 0 Å². The molecule has 32 heavy (non-hydrogen) atoms. The maximum Gasteiger partial charge on any atom is 0.230 e. The number of hydrogen-bond donors (Lipinski definition) is 2. The van der Waals surface area contributed by atoms with Crippen LogP contribution in [0.15, 0.2) is 47.6 Å². The van der Waals surface area contributed by atoms with Crippen molar-refractivity contribution in [2.45, 2.75) is 25.0 Å². The normalized spacial score (nSPS) is 13.8. The third-order valence-corrected chi connectivity index (χ3v) is 5.96. The van der Waals surface area contributed by atoms with Crippen LogP contribution in [-0.2, 0) is 4.79 Å². The number of carbonyl (C=O) groups is 1. The van der Waals surface area contributed by atoms with Crippen molar-refractivity contribution in [3.8, 4) is 22.9 Å². The van der Waals surface area contributed by atoms with Crippen molar-refractivity contribution in [2.75, 3.05) is 24.8 Å². The lowest BCUT2D eigenvalue weighted by Gasteiger charge is -2.25. The van der Waals surface area contributed by atoms with E-state index in [4.69, 9.17) is 15.3 Å². The van der Waals surface area contributed by atoms with Crippen molar-refractivity contribution in [3.63, 3.8) is 0 Å². The first-order valence-electron chi connectivity index (χ1n) is 10.2. The van der Waals surface area contributed by atoms with Gasteiger partial charge in [-0.1, -0.05) is 43.8 Å². The Morgan fingerprint density at radius 2 is 1.94 bits per heavy atom. The van der Waals surface area contributed by atoms with Crippen molar-refractivity contribution in [3.05, 3.63) is 53.8 Å². The molecule has 2 heterocycles. The molecule has 1 amide bonds. The number of hydrogen-bond acceptors (Lipinski definition) is 7. The fourth-order valence-corrected chi connectivity index (χ4v) is 4.10. The predicted molar refractivity (Wildman–Crippen MR) is 119 cm³/mol. The maximum atomic E-state index is 14.0. The van der Waals surface area contributed by atoms with Gasteiger partial charge in [0.15, 0.2) is 17.3 Å². The molecule has 0 saturated heterocycles. The summed E-state index contributed by atoms with van der Waals surface area (Å²) in [5.41, 5.74) is 1.18. The summed E-state index contributed by atoms with van der Waals surface area (Å²) in [5.74, 6) is 7.23. The second-order valence-corrected chi connectivity index (χ2v) is 8.58. The molecule has 0 aliphatic carbocycles. The lowest BCUT2D eigenvalue weighted by Crippen LogP contribution is -2.33. The van der Waals surface area contributed by atoms with Crippen LogP contribution in [-0.4, -0.2) is 39.7 Å². The quantitative estimate of drug-likeness (QED) is 0.415. The van der Waals surface area contributed by atoms with Gasteiger partial charge in [0.05, 0.1) is 17.4 Å². The van der Waals surface area contributed by atoms with E-state index >= 15 is 0 Å². The Morgan fingerprint density at radius 1 is 1.19 bits per heavy atom. The monoisotopic (exact) mass is 457 g/mol. The summed E-state index contributed by atoms with van der Waals surface area (Å²) >= 11 is 1.13. The summed E-state index contributed by atoms with van der Waals surface area (Å²) in [5, 5.41) is 11.4. The molecule has 8 nitrogen and oxygen atoms in total. The van der Waals surface area contributed by atoms with E-state index in [-0.39, 0.29) is 35.0 Å². The van der Waals surface area contributed by atoms with Crippen LogP contribution in [0.25, 0.3) is 11.4 Å². The molecule has 0 saturated carbocycles. The van der Waals surface area contributed by atoms with Crippen LogP contribution >= 0.6 is 11.8 Å². The van der Waals surface area contributed by atoms with E-state index in [0.717, 1.165) is 17.3 Å². The summed E-state index contributed by atoms with van der Waals surface area (Å²) in [6.45, 7) is 5.09. The molecule has 10 heteroatoms. The number of amides is 1.